The molecule has 2 aromatic carbocycles. The van der Waals surface area contributed by atoms with Crippen LogP contribution in [0.1, 0.15) is 86.2 Å². The van der Waals surface area contributed by atoms with Gasteiger partial charge in [-0.2, -0.15) is 0 Å². The van der Waals surface area contributed by atoms with Gasteiger partial charge in [-0.15, -0.1) is 0 Å². The minimum atomic E-state index is -0.875. The number of halogens is 1. The first kappa shape index (κ1) is 69.6. The number of rotatable bonds is 35. The van der Waals surface area contributed by atoms with E-state index in [9.17, 15) is 28.8 Å². The molecule has 8 rings (SSSR count). The van der Waals surface area contributed by atoms with Crippen molar-refractivity contribution < 1.29 is 76.5 Å². The van der Waals surface area contributed by atoms with Crippen LogP contribution in [0.15, 0.2) is 73.3 Å². The largest absolute Gasteiger partial charge is 0.481 e. The molecule has 0 atom stereocenters. The average Bonchev–Trinajstić information content (AvgIpc) is 2.69. The zero-order valence-corrected chi connectivity index (χ0v) is 51.7. The number of nitrogens with one attached hydrogen (secondary N) is 1. The van der Waals surface area contributed by atoms with Crippen molar-refractivity contribution in [2.24, 2.45) is 0 Å². The van der Waals surface area contributed by atoms with E-state index in [0.717, 1.165) is 69.8 Å². The topological polar surface area (TPSA) is 286 Å². The summed E-state index contributed by atoms with van der Waals surface area (Å²) in [7, 11) is 0. The zero-order chi connectivity index (χ0) is 62.1. The van der Waals surface area contributed by atoms with Crippen LogP contribution in [0.4, 0.5) is 11.9 Å². The Labute approximate surface area is 516 Å². The number of amides is 4. The first-order chi connectivity index (χ1) is 42.2. The van der Waals surface area contributed by atoms with Gasteiger partial charge in [-0.05, 0) is 45.0 Å². The minimum Gasteiger partial charge on any atom is -0.481 e. The molecule has 26 nitrogen and oxygen atoms in total. The van der Waals surface area contributed by atoms with Crippen LogP contribution in [0.5, 0.6) is 0 Å². The van der Waals surface area contributed by atoms with Gasteiger partial charge in [-0.3, -0.25) is 43.5 Å². The van der Waals surface area contributed by atoms with E-state index in [1.165, 1.54) is 9.80 Å². The third kappa shape index (κ3) is 24.9. The fourth-order valence-electron chi connectivity index (χ4n) is 8.83. The number of anilines is 2. The highest BCUT2D eigenvalue weighted by Crippen LogP contribution is 2.26. The summed E-state index contributed by atoms with van der Waals surface area (Å²) < 4.78 is 48.0. The number of carboxylic acid groups (broad SMARTS) is 1. The number of ether oxygens (including phenoxy) is 9. The van der Waals surface area contributed by atoms with Gasteiger partial charge in [0.05, 0.1) is 154 Å². The molecule has 4 aromatic rings. The Morgan fingerprint density at radius 1 is 0.494 bits per heavy atom. The SMILES string of the molecule is CC(C)(C)OC(=O)CCOCCOCCOCCOCCBr.O=C(O)CCOCCOCCOCCOCCN1CCN(c2ncc(CN3C(=O)c4ccccc4C3=O)cn2)CC1.O=C1c2ccccc2C(=O)N1Cc1cnc(N2CCNCC2)nc1. The molecule has 4 amide bonds. The van der Waals surface area contributed by atoms with Gasteiger partial charge in [-0.25, -0.2) is 19.9 Å². The first-order valence-electron chi connectivity index (χ1n) is 29.3. The van der Waals surface area contributed by atoms with Crippen molar-refractivity contribution in [2.45, 2.75) is 52.3 Å². The Morgan fingerprint density at radius 3 is 1.21 bits per heavy atom. The Kier molecular flexibility index (Phi) is 31.0. The molecule has 0 spiro atoms. The number of nitrogens with zero attached hydrogens (tertiary/aromatic N) is 9. The second-order valence-corrected chi connectivity index (χ2v) is 21.7. The van der Waals surface area contributed by atoms with Crippen LogP contribution in [0.3, 0.4) is 0 Å². The molecule has 0 bridgehead atoms. The van der Waals surface area contributed by atoms with Gasteiger partial charge in [-0.1, -0.05) is 40.2 Å². The number of benzene rings is 2. The van der Waals surface area contributed by atoms with Crippen molar-refractivity contribution >= 4 is 63.4 Å². The molecule has 27 heteroatoms. The smallest absolute Gasteiger partial charge is 0.308 e. The van der Waals surface area contributed by atoms with Gasteiger partial charge in [0.2, 0.25) is 11.9 Å². The van der Waals surface area contributed by atoms with Gasteiger partial charge in [0.15, 0.2) is 0 Å². The zero-order valence-electron chi connectivity index (χ0n) is 50.1. The predicted octanol–water partition coefficient (Wildman–Crippen LogP) is 3.80. The predicted molar refractivity (Wildman–Crippen MR) is 322 cm³/mol. The highest BCUT2D eigenvalue weighted by Gasteiger charge is 2.36. The molecule has 0 saturated carbocycles. The molecule has 0 radical (unpaired) electrons. The third-order valence-electron chi connectivity index (χ3n) is 13.2. The van der Waals surface area contributed by atoms with Crippen LogP contribution in [0.2, 0.25) is 0 Å². The summed E-state index contributed by atoms with van der Waals surface area (Å²) in [5, 5.41) is 12.6. The van der Waals surface area contributed by atoms with Crippen LogP contribution >= 0.6 is 15.9 Å². The molecule has 0 aliphatic carbocycles. The number of carbonyl (C=O) groups excluding carboxylic acids is 5. The maximum absolute atomic E-state index is 12.6. The lowest BCUT2D eigenvalue weighted by molar-refractivity contribution is -0.156. The Hall–Kier alpha value is -6.50. The standard InChI is InChI=1S/C28H37N5O8.C17H17N5O2.C15H29BrO6/c34-25(35)5-11-38-13-15-40-17-18-41-16-14-39-12-10-31-6-8-32(9-7-31)28-29-19-22(20-30-28)21-33-26(36)23-3-1-2-4-24(23)27(33)37;23-15-13-3-1-2-4-14(13)16(24)22(15)11-12-9-19-17(20-10-12)21-7-5-18-6-8-21;1-15(2,3)22-14(17)4-6-18-8-10-20-12-13-21-11-9-19-7-5-16/h1-4,19-20H,5-18,21H2,(H,34,35);1-4,9-10,18H,5-8,11H2;4-13H2,1-3H3. The number of piperazine rings is 2. The molecule has 0 unspecified atom stereocenters. The van der Waals surface area contributed by atoms with E-state index >= 15 is 0 Å². The van der Waals surface area contributed by atoms with Crippen LogP contribution in [0, 0.1) is 0 Å². The lowest BCUT2D eigenvalue weighted by Gasteiger charge is -2.34. The van der Waals surface area contributed by atoms with Crippen molar-refractivity contribution in [3.05, 3.63) is 107 Å². The summed E-state index contributed by atoms with van der Waals surface area (Å²) in [6.45, 7) is 21.3. The van der Waals surface area contributed by atoms with Crippen molar-refractivity contribution in [3.63, 3.8) is 0 Å². The highest BCUT2D eigenvalue weighted by atomic mass is 79.9. The molecule has 4 aliphatic rings. The van der Waals surface area contributed by atoms with Crippen molar-refractivity contribution in [1.29, 1.82) is 0 Å². The van der Waals surface area contributed by atoms with Crippen molar-refractivity contribution in [1.82, 2.24) is 40.0 Å². The quantitative estimate of drug-likeness (QED) is 0.0287. The first-order valence-corrected chi connectivity index (χ1v) is 30.4. The fraction of sp³-hybridized carbons (Fsp3) is 0.567. The maximum atomic E-state index is 12.6. The van der Waals surface area contributed by atoms with E-state index in [2.05, 4.69) is 55.9 Å². The maximum Gasteiger partial charge on any atom is 0.308 e. The number of aliphatic carboxylic acids is 1. The second-order valence-electron chi connectivity index (χ2n) is 20.9. The molecule has 2 N–H and O–H groups in total. The Morgan fingerprint density at radius 2 is 0.839 bits per heavy atom. The molecular formula is C60H83BrN10O16. The molecule has 87 heavy (non-hydrogen) atoms. The van der Waals surface area contributed by atoms with Crippen molar-refractivity contribution in [3.8, 4) is 0 Å². The molecule has 4 aliphatic heterocycles. The van der Waals surface area contributed by atoms with E-state index in [-0.39, 0.29) is 62.1 Å². The van der Waals surface area contributed by atoms with Crippen LogP contribution < -0.4 is 15.1 Å². The summed E-state index contributed by atoms with van der Waals surface area (Å²) in [6.07, 6.45) is 6.99. The number of carboxylic acids is 1. The van der Waals surface area contributed by atoms with Gasteiger partial charge in [0.25, 0.3) is 23.6 Å². The Balaban J connectivity index is 0.000000225. The van der Waals surface area contributed by atoms with E-state index in [4.69, 9.17) is 47.7 Å². The molecule has 476 valence electrons. The van der Waals surface area contributed by atoms with Crippen molar-refractivity contribution in [2.75, 3.05) is 180 Å². The second kappa shape index (κ2) is 38.7. The number of fused-ring (bicyclic) bond motifs is 2. The molecule has 2 saturated heterocycles. The van der Waals surface area contributed by atoms with Crippen LogP contribution in [-0.4, -0.2) is 251 Å². The number of hydrogen-bond donors (Lipinski definition) is 2. The lowest BCUT2D eigenvalue weighted by atomic mass is 10.1. The number of alkyl halides is 1. The normalized spacial score (nSPS) is 15.0. The van der Waals surface area contributed by atoms with E-state index in [1.807, 2.05) is 20.8 Å². The fourth-order valence-corrected chi connectivity index (χ4v) is 9.06. The molecule has 2 aromatic heterocycles. The number of esters is 1. The highest BCUT2D eigenvalue weighted by molar-refractivity contribution is 9.09. The van der Waals surface area contributed by atoms with E-state index < -0.39 is 11.6 Å². The Bertz CT molecular complexity index is 2660. The van der Waals surface area contributed by atoms with Gasteiger partial charge < -0.3 is 62.9 Å². The molecule has 6 heterocycles. The molecule has 2 fully saturated rings. The van der Waals surface area contributed by atoms with Crippen LogP contribution in [0.25, 0.3) is 0 Å². The van der Waals surface area contributed by atoms with Gasteiger partial charge >= 0.3 is 11.9 Å². The van der Waals surface area contributed by atoms with Gasteiger partial charge in [0, 0.05) is 100 Å². The summed E-state index contributed by atoms with van der Waals surface area (Å²) in [6, 6.07) is 13.7. The van der Waals surface area contributed by atoms with Gasteiger partial charge in [0.1, 0.15) is 5.60 Å². The summed E-state index contributed by atoms with van der Waals surface area (Å²) in [5.41, 5.74) is 2.78. The molecular weight excluding hydrogens is 1200 g/mol. The number of carbonyl (C=O) groups is 6. The monoisotopic (exact) mass is 1280 g/mol. The number of hydrogen-bond acceptors (Lipinski definition) is 23. The summed E-state index contributed by atoms with van der Waals surface area (Å²) in [4.78, 5) is 98.5. The number of aromatic nitrogens is 4. The lowest BCUT2D eigenvalue weighted by Crippen LogP contribution is -2.48. The van der Waals surface area contributed by atoms with E-state index in [1.54, 1.807) is 73.3 Å². The minimum absolute atomic E-state index is 0.00429. The van der Waals surface area contributed by atoms with Crippen LogP contribution in [-0.2, 0) is 65.3 Å². The average molecular weight is 1280 g/mol. The summed E-state index contributed by atoms with van der Waals surface area (Å²) in [5.74, 6) is -0.904. The summed E-state index contributed by atoms with van der Waals surface area (Å²) >= 11 is 3.28. The third-order valence-corrected chi connectivity index (χ3v) is 13.5. The van der Waals surface area contributed by atoms with E-state index in [0.29, 0.717) is 139 Å². The number of imide groups is 2.